The highest BCUT2D eigenvalue weighted by Gasteiger charge is 2.47. The van der Waals surface area contributed by atoms with Gasteiger partial charge in [0.2, 0.25) is 0 Å². The molecule has 4 heteroatoms. The highest BCUT2D eigenvalue weighted by molar-refractivity contribution is 7.58. The van der Waals surface area contributed by atoms with Crippen LogP contribution in [0.2, 0.25) is 0 Å². The van der Waals surface area contributed by atoms with Crippen molar-refractivity contribution in [1.29, 1.82) is 0 Å². The topological polar surface area (TPSA) is 35.5 Å². The maximum atomic E-state index is 12.9. The van der Waals surface area contributed by atoms with Crippen molar-refractivity contribution in [3.63, 3.8) is 0 Å². The van der Waals surface area contributed by atoms with Crippen LogP contribution in [0.5, 0.6) is 0 Å². The van der Waals surface area contributed by atoms with Gasteiger partial charge >= 0.3 is 7.60 Å². The molecule has 0 aromatic heterocycles. The normalized spacial score (nSPS) is 26.6. The Labute approximate surface area is 117 Å². The Morgan fingerprint density at radius 1 is 1.37 bits per heavy atom. The molecule has 3 nitrogen and oxygen atoms in total. The zero-order chi connectivity index (χ0) is 14.5. The molecule has 0 N–H and O–H groups in total. The first kappa shape index (κ1) is 16.7. The van der Waals surface area contributed by atoms with Crippen molar-refractivity contribution in [1.82, 2.24) is 0 Å². The van der Waals surface area contributed by atoms with E-state index in [1.54, 1.807) is 0 Å². The van der Waals surface area contributed by atoms with Crippen molar-refractivity contribution in [2.75, 3.05) is 6.61 Å². The van der Waals surface area contributed by atoms with Crippen molar-refractivity contribution in [3.05, 3.63) is 23.0 Å². The van der Waals surface area contributed by atoms with Gasteiger partial charge in [0, 0.05) is 5.31 Å². The van der Waals surface area contributed by atoms with E-state index in [4.69, 9.17) is 9.05 Å². The molecule has 1 atom stereocenters. The monoisotopic (exact) mass is 286 g/mol. The number of hydrogen-bond donors (Lipinski definition) is 0. The second-order valence-electron chi connectivity index (χ2n) is 5.32. The van der Waals surface area contributed by atoms with Crippen LogP contribution >= 0.6 is 7.60 Å². The number of hydrogen-bond acceptors (Lipinski definition) is 3. The third-order valence-electron chi connectivity index (χ3n) is 3.38. The summed E-state index contributed by atoms with van der Waals surface area (Å²) < 4.78 is 24.2. The molecule has 0 radical (unpaired) electrons. The smallest absolute Gasteiger partial charge is 0.306 e. The fourth-order valence-corrected chi connectivity index (χ4v) is 4.92. The summed E-state index contributed by atoms with van der Waals surface area (Å²) in [6, 6.07) is 0. The molecular formula is C15H27O3P. The summed E-state index contributed by atoms with van der Waals surface area (Å²) in [5, 5.41) is 0.916. The van der Waals surface area contributed by atoms with Crippen LogP contribution in [0.3, 0.4) is 0 Å². The van der Waals surface area contributed by atoms with E-state index in [0.29, 0.717) is 6.61 Å². The quantitative estimate of drug-likeness (QED) is 0.462. The Balaban J connectivity index is 3.17. The van der Waals surface area contributed by atoms with Crippen molar-refractivity contribution >= 4 is 7.60 Å². The molecule has 110 valence electrons. The first-order valence-electron chi connectivity index (χ1n) is 7.20. The first-order chi connectivity index (χ1) is 8.91. The van der Waals surface area contributed by atoms with E-state index < -0.39 is 13.2 Å². The lowest BCUT2D eigenvalue weighted by atomic mass is 9.93. The minimum absolute atomic E-state index is 0.417. The van der Waals surface area contributed by atoms with Gasteiger partial charge in [0.25, 0.3) is 0 Å². The van der Waals surface area contributed by atoms with Crippen LogP contribution in [0.1, 0.15) is 60.3 Å². The lowest BCUT2D eigenvalue weighted by Gasteiger charge is -2.22. The molecule has 0 aromatic carbocycles. The van der Waals surface area contributed by atoms with Crippen LogP contribution in [0, 0.1) is 0 Å². The molecular weight excluding hydrogens is 259 g/mol. The highest BCUT2D eigenvalue weighted by atomic mass is 31.2. The molecule has 0 aromatic rings. The number of allylic oxidation sites excluding steroid dienone is 3. The Hall–Kier alpha value is -0.370. The molecule has 0 bridgehead atoms. The van der Waals surface area contributed by atoms with Gasteiger partial charge in [-0.15, -0.1) is 0 Å². The van der Waals surface area contributed by atoms with E-state index in [9.17, 15) is 4.57 Å². The zero-order valence-electron chi connectivity index (χ0n) is 12.9. The van der Waals surface area contributed by atoms with Gasteiger partial charge in [0.05, 0.1) is 12.2 Å². The average Bonchev–Trinajstić information content (AvgIpc) is 2.50. The van der Waals surface area contributed by atoms with Crippen LogP contribution in [-0.2, 0) is 13.6 Å². The van der Waals surface area contributed by atoms with Gasteiger partial charge in [-0.05, 0) is 52.5 Å². The lowest BCUT2D eigenvalue weighted by molar-refractivity contribution is 0.126. The lowest BCUT2D eigenvalue weighted by Crippen LogP contribution is -2.21. The van der Waals surface area contributed by atoms with Gasteiger partial charge in [-0.3, -0.25) is 9.09 Å². The second kappa shape index (κ2) is 6.88. The molecule has 19 heavy (non-hydrogen) atoms. The summed E-state index contributed by atoms with van der Waals surface area (Å²) >= 11 is 0. The molecule has 0 saturated heterocycles. The van der Waals surface area contributed by atoms with Gasteiger partial charge in [-0.25, -0.2) is 0 Å². The molecule has 1 unspecified atom stereocenters. The third-order valence-corrected chi connectivity index (χ3v) is 5.83. The van der Waals surface area contributed by atoms with Gasteiger partial charge in [-0.1, -0.05) is 25.5 Å². The van der Waals surface area contributed by atoms with Crippen molar-refractivity contribution in [3.8, 4) is 0 Å². The standard InChI is InChI=1S/C15H27O3P/c1-6-9-11-13-14(12-10-7-2)19(16,17-8-3)18-15(13,4)5/h6,9H,7-8,10-12H2,1-5H3. The number of unbranched alkanes of at least 4 members (excludes halogenated alkanes) is 1. The Kier molecular flexibility index (Phi) is 6.04. The fraction of sp³-hybridized carbons (Fsp3) is 0.733. The molecule has 0 fully saturated rings. The first-order valence-corrected chi connectivity index (χ1v) is 8.75. The summed E-state index contributed by atoms with van der Waals surface area (Å²) in [4.78, 5) is 0. The minimum Gasteiger partial charge on any atom is -0.306 e. The van der Waals surface area contributed by atoms with Crippen molar-refractivity contribution in [2.45, 2.75) is 65.9 Å². The molecule has 1 rings (SSSR count). The maximum absolute atomic E-state index is 12.9. The Morgan fingerprint density at radius 2 is 2.05 bits per heavy atom. The number of rotatable bonds is 7. The Bertz CT molecular complexity index is 408. The van der Waals surface area contributed by atoms with Crippen LogP contribution in [0.15, 0.2) is 23.0 Å². The van der Waals surface area contributed by atoms with E-state index in [0.717, 1.165) is 36.6 Å². The van der Waals surface area contributed by atoms with Crippen LogP contribution < -0.4 is 0 Å². The van der Waals surface area contributed by atoms with Gasteiger partial charge in [0.1, 0.15) is 0 Å². The molecule has 0 spiro atoms. The van der Waals surface area contributed by atoms with Crippen LogP contribution in [-0.4, -0.2) is 12.2 Å². The van der Waals surface area contributed by atoms with Gasteiger partial charge < -0.3 is 4.52 Å². The zero-order valence-corrected chi connectivity index (χ0v) is 13.8. The average molecular weight is 286 g/mol. The highest BCUT2D eigenvalue weighted by Crippen LogP contribution is 2.68. The predicted octanol–water partition coefficient (Wildman–Crippen LogP) is 5.44. The fourth-order valence-electron chi connectivity index (χ4n) is 2.43. The molecule has 0 saturated carbocycles. The SMILES string of the molecule is CC=CCC1=C(CCCC)P(=O)(OCC)OC1(C)C. The van der Waals surface area contributed by atoms with Crippen molar-refractivity contribution in [2.24, 2.45) is 0 Å². The minimum atomic E-state index is -3.08. The largest absolute Gasteiger partial charge is 0.358 e. The molecule has 0 amide bonds. The van der Waals surface area contributed by atoms with Crippen LogP contribution in [0.4, 0.5) is 0 Å². The van der Waals surface area contributed by atoms with Crippen LogP contribution in [0.25, 0.3) is 0 Å². The summed E-state index contributed by atoms with van der Waals surface area (Å²) in [5.74, 6) is 0. The van der Waals surface area contributed by atoms with Crippen molar-refractivity contribution < 1.29 is 13.6 Å². The predicted molar refractivity (Wildman–Crippen MR) is 80.4 cm³/mol. The summed E-state index contributed by atoms with van der Waals surface area (Å²) in [7, 11) is -3.08. The van der Waals surface area contributed by atoms with E-state index in [1.165, 1.54) is 0 Å². The van der Waals surface area contributed by atoms with E-state index in [-0.39, 0.29) is 0 Å². The van der Waals surface area contributed by atoms with Gasteiger partial charge in [0.15, 0.2) is 0 Å². The van der Waals surface area contributed by atoms with E-state index in [1.807, 2.05) is 33.8 Å². The Morgan fingerprint density at radius 3 is 2.58 bits per heavy atom. The summed E-state index contributed by atoms with van der Waals surface area (Å²) in [6.07, 6.45) is 7.81. The summed E-state index contributed by atoms with van der Waals surface area (Å²) in [6.45, 7) is 10.4. The van der Waals surface area contributed by atoms with E-state index >= 15 is 0 Å². The molecule has 1 heterocycles. The molecule has 1 aliphatic heterocycles. The van der Waals surface area contributed by atoms with Gasteiger partial charge in [-0.2, -0.15) is 0 Å². The maximum Gasteiger partial charge on any atom is 0.358 e. The van der Waals surface area contributed by atoms with E-state index in [2.05, 4.69) is 13.0 Å². The third kappa shape index (κ3) is 3.81. The molecule has 0 aliphatic carbocycles. The second-order valence-corrected chi connectivity index (χ2v) is 7.29. The summed E-state index contributed by atoms with van der Waals surface area (Å²) in [5.41, 5.74) is 0.642. The molecule has 1 aliphatic rings.